The van der Waals surface area contributed by atoms with Crippen molar-refractivity contribution in [2.75, 3.05) is 0 Å². The van der Waals surface area contributed by atoms with Gasteiger partial charge in [0, 0.05) is 0 Å². The van der Waals surface area contributed by atoms with E-state index < -0.39 is 2.89 Å². The van der Waals surface area contributed by atoms with Gasteiger partial charge in [-0.1, -0.05) is 0 Å². The van der Waals surface area contributed by atoms with Crippen molar-refractivity contribution in [3.05, 3.63) is 66.7 Å². The minimum atomic E-state index is -1.11. The first kappa shape index (κ1) is 13.6. The molecule has 0 N–H and O–H groups in total. The zero-order chi connectivity index (χ0) is 13.6. The second-order valence-corrected chi connectivity index (χ2v) is 31.5. The Labute approximate surface area is 138 Å². The van der Waals surface area contributed by atoms with Gasteiger partial charge in [-0.15, -0.1) is 0 Å². The van der Waals surface area contributed by atoms with E-state index in [1.165, 1.54) is 5.39 Å². The van der Waals surface area contributed by atoms with Crippen LogP contribution in [0.5, 0.6) is 0 Å². The van der Waals surface area contributed by atoms with Gasteiger partial charge in [0.2, 0.25) is 0 Å². The number of hydrogen-bond donors (Lipinski definition) is 0. The van der Waals surface area contributed by atoms with E-state index in [1.54, 1.807) is 19.6 Å². The van der Waals surface area contributed by atoms with E-state index in [0.717, 1.165) is 0 Å². The summed E-state index contributed by atoms with van der Waals surface area (Å²) in [6.45, 7) is 0. The third-order valence-electron chi connectivity index (χ3n) is 3.34. The third kappa shape index (κ3) is 2.23. The van der Waals surface area contributed by atoms with E-state index in [4.69, 9.17) is 0 Å². The summed E-state index contributed by atoms with van der Waals surface area (Å²) in [7, 11) is 0. The Morgan fingerprint density at radius 2 is 1.30 bits per heavy atom. The molecule has 1 heterocycles. The molecule has 0 saturated carbocycles. The van der Waals surface area contributed by atoms with Crippen molar-refractivity contribution in [1.29, 1.82) is 0 Å². The predicted molar refractivity (Wildman–Crippen MR) is 93.5 cm³/mol. The van der Waals surface area contributed by atoms with Crippen LogP contribution in [0.2, 0.25) is 0 Å². The quantitative estimate of drug-likeness (QED) is 0.375. The van der Waals surface area contributed by atoms with Crippen molar-refractivity contribution >= 4 is 72.0 Å². The zero-order valence-electron chi connectivity index (χ0n) is 10.5. The molecular weight excluding hydrogens is 460 g/mol. The maximum absolute atomic E-state index is 3.66. The maximum atomic E-state index is 3.66. The zero-order valence-corrected chi connectivity index (χ0v) is 16.6. The normalized spacial score (nSPS) is 16.2. The van der Waals surface area contributed by atoms with Gasteiger partial charge < -0.3 is 0 Å². The molecule has 1 aliphatic rings. The average molecular weight is 471 g/mol. The molecule has 0 fully saturated rings. The van der Waals surface area contributed by atoms with Crippen LogP contribution in [0.25, 0.3) is 10.8 Å². The average Bonchev–Trinajstić information content (AvgIpc) is 2.48. The van der Waals surface area contributed by atoms with E-state index >= 15 is 0 Å². The van der Waals surface area contributed by atoms with Gasteiger partial charge in [0.25, 0.3) is 0 Å². The third-order valence-corrected chi connectivity index (χ3v) is 25.8. The Kier molecular flexibility index (Phi) is 3.58. The van der Waals surface area contributed by atoms with Crippen LogP contribution in [-0.4, -0.2) is 44.1 Å². The SMILES string of the molecule is [Se]=P1(c2ccccc2)[Se]c2cccc3cccc(c23)[Se]1. The molecule has 0 aliphatic carbocycles. The Morgan fingerprint density at radius 1 is 0.700 bits per heavy atom. The van der Waals surface area contributed by atoms with Crippen LogP contribution in [-0.2, 0) is 0 Å². The summed E-state index contributed by atoms with van der Waals surface area (Å²) in [4.78, 5) is 0. The summed E-state index contributed by atoms with van der Waals surface area (Å²) in [6.07, 6.45) is 0. The predicted octanol–water partition coefficient (Wildman–Crippen LogP) is 1.77. The Hall–Kier alpha value is -0.0916. The first-order valence-corrected chi connectivity index (χ1v) is 16.5. The van der Waals surface area contributed by atoms with Crippen molar-refractivity contribution < 1.29 is 0 Å². The summed E-state index contributed by atoms with van der Waals surface area (Å²) in [5, 5.41) is 4.53. The molecule has 0 aromatic heterocycles. The van der Waals surface area contributed by atoms with Crippen molar-refractivity contribution in [3.63, 3.8) is 0 Å². The van der Waals surface area contributed by atoms with Crippen LogP contribution in [0.3, 0.4) is 0 Å². The van der Waals surface area contributed by atoms with Gasteiger partial charge in [0.15, 0.2) is 0 Å². The standard InChI is InChI=1S/C16H11PSe3/c18-17(13-8-2-1-3-9-13)19-14-10-4-6-12-7-5-11-15(20-17)16(12)14/h1-11H. The van der Waals surface area contributed by atoms with Gasteiger partial charge in [0.1, 0.15) is 0 Å². The van der Waals surface area contributed by atoms with Crippen LogP contribution >= 0.6 is 2.89 Å². The Bertz CT molecular complexity index is 798. The summed E-state index contributed by atoms with van der Waals surface area (Å²) >= 11 is 4.77. The molecule has 4 rings (SSSR count). The second-order valence-electron chi connectivity index (χ2n) is 4.63. The van der Waals surface area contributed by atoms with Gasteiger partial charge in [-0.05, 0) is 0 Å². The van der Waals surface area contributed by atoms with Gasteiger partial charge in [-0.3, -0.25) is 0 Å². The van der Waals surface area contributed by atoms with Crippen LogP contribution in [0, 0.1) is 0 Å². The first-order valence-electron chi connectivity index (χ1n) is 6.33. The topological polar surface area (TPSA) is 0 Å². The molecule has 3 aromatic rings. The molecule has 1 aliphatic heterocycles. The summed E-state index contributed by atoms with van der Waals surface area (Å²) in [5.74, 6) is 0. The van der Waals surface area contributed by atoms with Crippen molar-refractivity contribution in [1.82, 2.24) is 0 Å². The summed E-state index contributed by atoms with van der Waals surface area (Å²) in [6, 6.07) is 24.8. The Morgan fingerprint density at radius 3 is 1.90 bits per heavy atom. The number of benzene rings is 3. The molecule has 20 heavy (non-hydrogen) atoms. The molecule has 0 unspecified atom stereocenters. The van der Waals surface area contributed by atoms with E-state index in [1.807, 2.05) is 0 Å². The van der Waals surface area contributed by atoms with E-state index in [2.05, 4.69) is 81.8 Å². The van der Waals surface area contributed by atoms with E-state index in [0.29, 0.717) is 29.0 Å². The Balaban J connectivity index is 1.94. The van der Waals surface area contributed by atoms with Crippen LogP contribution in [0.4, 0.5) is 0 Å². The van der Waals surface area contributed by atoms with Crippen molar-refractivity contribution in [3.8, 4) is 0 Å². The van der Waals surface area contributed by atoms with Gasteiger partial charge in [-0.25, -0.2) is 0 Å². The molecule has 0 saturated heterocycles. The fraction of sp³-hybridized carbons (Fsp3) is 0. The molecular formula is C16H11PSe3. The van der Waals surface area contributed by atoms with Gasteiger partial charge in [0.05, 0.1) is 0 Å². The molecule has 0 spiro atoms. The van der Waals surface area contributed by atoms with E-state index in [9.17, 15) is 0 Å². The number of rotatable bonds is 1. The van der Waals surface area contributed by atoms with Gasteiger partial charge >= 0.3 is 139 Å². The van der Waals surface area contributed by atoms with Crippen molar-refractivity contribution in [2.24, 2.45) is 0 Å². The molecule has 98 valence electrons. The van der Waals surface area contributed by atoms with Crippen molar-refractivity contribution in [2.45, 2.75) is 0 Å². The second kappa shape index (κ2) is 5.27. The molecule has 0 amide bonds. The first-order chi connectivity index (χ1) is 9.76. The molecule has 0 bridgehead atoms. The van der Waals surface area contributed by atoms with Gasteiger partial charge in [-0.2, -0.15) is 0 Å². The molecule has 0 radical (unpaired) electrons. The summed E-state index contributed by atoms with van der Waals surface area (Å²) < 4.78 is 2.08. The van der Waals surface area contributed by atoms with Crippen LogP contribution < -0.4 is 14.2 Å². The molecule has 4 heteroatoms. The fourth-order valence-electron chi connectivity index (χ4n) is 2.42. The van der Waals surface area contributed by atoms with E-state index in [-0.39, 0.29) is 0 Å². The summed E-state index contributed by atoms with van der Waals surface area (Å²) in [5.41, 5.74) is 0. The van der Waals surface area contributed by atoms with Crippen LogP contribution in [0.15, 0.2) is 66.7 Å². The molecule has 0 atom stereocenters. The number of hydrogen-bond acceptors (Lipinski definition) is 0. The minimum absolute atomic E-state index is 0.558. The molecule has 3 aromatic carbocycles. The fourth-order valence-corrected chi connectivity index (χ4v) is 26.4. The van der Waals surface area contributed by atoms with Crippen LogP contribution in [0.1, 0.15) is 0 Å². The monoisotopic (exact) mass is 474 g/mol. The molecule has 0 nitrogen and oxygen atoms in total.